The smallest absolute Gasteiger partial charge is 0.319 e. The summed E-state index contributed by atoms with van der Waals surface area (Å²) in [6, 6.07) is 15.2. The van der Waals surface area contributed by atoms with Gasteiger partial charge in [-0.05, 0) is 68.3 Å². The third-order valence-corrected chi connectivity index (χ3v) is 6.02. The molecule has 0 radical (unpaired) electrons. The van der Waals surface area contributed by atoms with E-state index in [0.717, 1.165) is 26.7 Å². The van der Waals surface area contributed by atoms with Crippen molar-refractivity contribution in [3.05, 3.63) is 63.0 Å². The van der Waals surface area contributed by atoms with Gasteiger partial charge in [-0.3, -0.25) is 14.6 Å². The van der Waals surface area contributed by atoms with Gasteiger partial charge in [0.05, 0.1) is 0 Å². The average Bonchev–Trinajstić information content (AvgIpc) is 2.70. The van der Waals surface area contributed by atoms with Crippen LogP contribution in [0, 0.1) is 0 Å². The number of amides is 2. The van der Waals surface area contributed by atoms with Crippen LogP contribution in [0.4, 0.5) is 10.5 Å². The number of aliphatic carboxylic acids is 1. The first-order valence-corrected chi connectivity index (χ1v) is 11.4. The van der Waals surface area contributed by atoms with E-state index in [9.17, 15) is 9.59 Å². The number of nitrogens with zero attached hydrogens (tertiary/aromatic N) is 2. The van der Waals surface area contributed by atoms with E-state index in [4.69, 9.17) is 10.8 Å². The van der Waals surface area contributed by atoms with Crippen molar-refractivity contribution in [1.82, 2.24) is 4.90 Å². The van der Waals surface area contributed by atoms with Crippen molar-refractivity contribution >= 4 is 49.5 Å². The zero-order valence-electron chi connectivity index (χ0n) is 16.9. The van der Waals surface area contributed by atoms with Gasteiger partial charge in [0.25, 0.3) is 0 Å². The number of anilines is 1. The SMILES string of the molecule is C[C@H](c1ccc(Br)cc1)N(CCCC(=O)O)CCCN(C(N)=O)c1ccc(Br)cc1. The summed E-state index contributed by atoms with van der Waals surface area (Å²) in [5, 5.41) is 8.98. The van der Waals surface area contributed by atoms with Crippen LogP contribution < -0.4 is 10.6 Å². The first kappa shape index (κ1) is 24.4. The minimum absolute atomic E-state index is 0.126. The number of hydrogen-bond donors (Lipinski definition) is 2. The summed E-state index contributed by atoms with van der Waals surface area (Å²) in [6.45, 7) is 3.99. The molecule has 8 heteroatoms. The molecule has 2 rings (SSSR count). The van der Waals surface area contributed by atoms with Crippen LogP contribution in [0.3, 0.4) is 0 Å². The second-order valence-electron chi connectivity index (χ2n) is 7.08. The molecule has 0 saturated heterocycles. The standard InChI is InChI=1S/C22H27Br2N3O3/c1-16(17-5-7-18(23)8-6-17)26(13-2-4-21(28)29)14-3-15-27(22(25)30)20-11-9-19(24)10-12-20/h5-12,16H,2-4,13-15H2,1H3,(H2,25,30)(H,28,29)/t16-/m1/s1. The van der Waals surface area contributed by atoms with E-state index < -0.39 is 12.0 Å². The molecule has 0 unspecified atom stereocenters. The van der Waals surface area contributed by atoms with E-state index in [-0.39, 0.29) is 12.5 Å². The third-order valence-electron chi connectivity index (χ3n) is 4.97. The maximum Gasteiger partial charge on any atom is 0.319 e. The van der Waals surface area contributed by atoms with E-state index >= 15 is 0 Å². The molecule has 162 valence electrons. The summed E-state index contributed by atoms with van der Waals surface area (Å²) in [7, 11) is 0. The molecule has 0 aliphatic rings. The van der Waals surface area contributed by atoms with Gasteiger partial charge in [-0.2, -0.15) is 0 Å². The lowest BCUT2D eigenvalue weighted by atomic mass is 10.1. The molecule has 0 aliphatic heterocycles. The number of rotatable bonds is 11. The van der Waals surface area contributed by atoms with Gasteiger partial charge in [0.2, 0.25) is 0 Å². The predicted molar refractivity (Wildman–Crippen MR) is 127 cm³/mol. The Morgan fingerprint density at radius 2 is 1.47 bits per heavy atom. The van der Waals surface area contributed by atoms with Crippen LogP contribution in [0.5, 0.6) is 0 Å². The third kappa shape index (κ3) is 7.74. The molecule has 0 aromatic heterocycles. The minimum atomic E-state index is -0.790. The Hall–Kier alpha value is -1.90. The van der Waals surface area contributed by atoms with Crippen molar-refractivity contribution in [3.8, 4) is 0 Å². The molecular weight excluding hydrogens is 514 g/mol. The molecule has 0 aliphatic carbocycles. The highest BCUT2D eigenvalue weighted by Gasteiger charge is 2.18. The Kier molecular flexibility index (Phi) is 9.81. The van der Waals surface area contributed by atoms with Crippen LogP contribution >= 0.6 is 31.9 Å². The van der Waals surface area contributed by atoms with Gasteiger partial charge in [0.1, 0.15) is 0 Å². The summed E-state index contributed by atoms with van der Waals surface area (Å²) in [4.78, 5) is 26.7. The predicted octanol–water partition coefficient (Wildman–Crippen LogP) is 5.41. The second-order valence-corrected chi connectivity index (χ2v) is 8.91. The lowest BCUT2D eigenvalue weighted by Crippen LogP contribution is -2.38. The number of carboxylic acids is 1. The van der Waals surface area contributed by atoms with Gasteiger partial charge >= 0.3 is 12.0 Å². The van der Waals surface area contributed by atoms with Gasteiger partial charge in [0, 0.05) is 40.2 Å². The Labute approximate surface area is 194 Å². The van der Waals surface area contributed by atoms with E-state index in [2.05, 4.69) is 55.8 Å². The molecule has 0 saturated carbocycles. The van der Waals surface area contributed by atoms with Crippen molar-refractivity contribution in [2.45, 2.75) is 32.2 Å². The highest BCUT2D eigenvalue weighted by atomic mass is 79.9. The zero-order chi connectivity index (χ0) is 22.1. The number of hydrogen-bond acceptors (Lipinski definition) is 3. The topological polar surface area (TPSA) is 86.9 Å². The molecule has 6 nitrogen and oxygen atoms in total. The molecule has 3 N–H and O–H groups in total. The van der Waals surface area contributed by atoms with Crippen molar-refractivity contribution < 1.29 is 14.7 Å². The summed E-state index contributed by atoms with van der Waals surface area (Å²) < 4.78 is 1.95. The fourth-order valence-electron chi connectivity index (χ4n) is 3.30. The van der Waals surface area contributed by atoms with Gasteiger partial charge < -0.3 is 10.8 Å². The lowest BCUT2D eigenvalue weighted by Gasteiger charge is -2.30. The number of halogens is 2. The first-order chi connectivity index (χ1) is 14.3. The summed E-state index contributed by atoms with van der Waals surface area (Å²) in [6.07, 6.45) is 1.42. The largest absolute Gasteiger partial charge is 0.481 e. The van der Waals surface area contributed by atoms with Crippen molar-refractivity contribution in [1.29, 1.82) is 0 Å². The molecule has 1 atom stereocenters. The van der Waals surface area contributed by atoms with E-state index in [1.165, 1.54) is 0 Å². The number of benzene rings is 2. The fraction of sp³-hybridized carbons (Fsp3) is 0.364. The van der Waals surface area contributed by atoms with Crippen LogP contribution in [-0.2, 0) is 4.79 Å². The molecule has 2 amide bonds. The fourth-order valence-corrected chi connectivity index (χ4v) is 3.83. The summed E-state index contributed by atoms with van der Waals surface area (Å²) in [5.41, 5.74) is 7.51. The number of nitrogens with two attached hydrogens (primary N) is 1. The van der Waals surface area contributed by atoms with Crippen LogP contribution in [-0.4, -0.2) is 41.6 Å². The van der Waals surface area contributed by atoms with Gasteiger partial charge in [0.15, 0.2) is 0 Å². The molecule has 0 fully saturated rings. The van der Waals surface area contributed by atoms with Crippen molar-refractivity contribution in [2.24, 2.45) is 5.73 Å². The van der Waals surface area contributed by atoms with E-state index in [0.29, 0.717) is 25.9 Å². The number of primary amides is 1. The number of carbonyl (C=O) groups is 2. The van der Waals surface area contributed by atoms with Gasteiger partial charge in [-0.25, -0.2) is 4.79 Å². The molecule has 2 aromatic rings. The maximum absolute atomic E-state index is 11.9. The zero-order valence-corrected chi connectivity index (χ0v) is 20.1. The monoisotopic (exact) mass is 539 g/mol. The minimum Gasteiger partial charge on any atom is -0.481 e. The number of carbonyl (C=O) groups excluding carboxylic acids is 1. The second kappa shape index (κ2) is 12.1. The molecular formula is C22H27Br2N3O3. The van der Waals surface area contributed by atoms with Gasteiger partial charge in [-0.15, -0.1) is 0 Å². The Bertz CT molecular complexity index is 829. The molecule has 0 bridgehead atoms. The van der Waals surface area contributed by atoms with Crippen molar-refractivity contribution in [3.63, 3.8) is 0 Å². The van der Waals surface area contributed by atoms with Crippen LogP contribution in [0.15, 0.2) is 57.5 Å². The van der Waals surface area contributed by atoms with Gasteiger partial charge in [-0.1, -0.05) is 44.0 Å². The number of urea groups is 1. The Morgan fingerprint density at radius 1 is 0.933 bits per heavy atom. The average molecular weight is 541 g/mol. The number of carboxylic acid groups (broad SMARTS) is 1. The lowest BCUT2D eigenvalue weighted by molar-refractivity contribution is -0.137. The van der Waals surface area contributed by atoms with E-state index in [1.807, 2.05) is 36.4 Å². The Balaban J connectivity index is 2.04. The van der Waals surface area contributed by atoms with Crippen LogP contribution in [0.25, 0.3) is 0 Å². The molecule has 2 aromatic carbocycles. The summed E-state index contributed by atoms with van der Waals surface area (Å²) in [5.74, 6) is -0.790. The quantitative estimate of drug-likeness (QED) is 0.398. The first-order valence-electron chi connectivity index (χ1n) is 9.81. The maximum atomic E-state index is 11.9. The highest BCUT2D eigenvalue weighted by molar-refractivity contribution is 9.10. The van der Waals surface area contributed by atoms with E-state index in [1.54, 1.807) is 4.90 Å². The summed E-state index contributed by atoms with van der Waals surface area (Å²) >= 11 is 6.85. The molecule has 0 spiro atoms. The Morgan fingerprint density at radius 3 is 2.00 bits per heavy atom. The highest BCUT2D eigenvalue weighted by Crippen LogP contribution is 2.24. The van der Waals surface area contributed by atoms with Crippen LogP contribution in [0.2, 0.25) is 0 Å². The normalized spacial score (nSPS) is 12.0. The molecule has 0 heterocycles. The van der Waals surface area contributed by atoms with Crippen LogP contribution in [0.1, 0.15) is 37.8 Å². The van der Waals surface area contributed by atoms with Crippen molar-refractivity contribution in [2.75, 3.05) is 24.5 Å². The molecule has 30 heavy (non-hydrogen) atoms.